The molecule has 0 amide bonds. The van der Waals surface area contributed by atoms with Crippen molar-refractivity contribution >= 4 is 11.3 Å². The Kier molecular flexibility index (Phi) is 11.4. The Labute approximate surface area is 296 Å². The minimum absolute atomic E-state index is 0.218. The van der Waals surface area contributed by atoms with Gasteiger partial charge in [0.1, 0.15) is 11.6 Å². The number of likely N-dealkylation sites (N-methyl/N-ethyl adjacent to an activating group) is 1. The van der Waals surface area contributed by atoms with Crippen LogP contribution in [-0.2, 0) is 13.0 Å². The summed E-state index contributed by atoms with van der Waals surface area (Å²) in [7, 11) is 7.22. The fraction of sp³-hybridized carbons (Fsp3) is 0.357. The molecular formula is C42H49FN4O3. The number of ether oxygens (including phenoxy) is 3. The highest BCUT2D eigenvalue weighted by molar-refractivity contribution is 5.74. The molecule has 262 valence electrons. The Morgan fingerprint density at radius 3 is 2.42 bits per heavy atom. The summed E-state index contributed by atoms with van der Waals surface area (Å²) >= 11 is 0. The van der Waals surface area contributed by atoms with E-state index in [0.29, 0.717) is 6.04 Å². The van der Waals surface area contributed by atoms with Crippen LogP contribution in [-0.4, -0.2) is 75.4 Å². The summed E-state index contributed by atoms with van der Waals surface area (Å²) in [5.74, 6) is 2.18. The standard InChI is InChI=1S/C42H49FN4O3/c1-6-8-33-23-34(25-41(49-4)42(33)50-5)35-21-31(26-45(2)29-35)28-47(37-13-11-36(43)12-14-37)38-16-19-46(20-17-38)27-30-15-18-44-40(22-30)32-9-7-10-39(24-32)48-3/h7,9-15,18,21-26,38H,6,8,16-17,19-20,27-29H2,1-5H3. The third kappa shape index (κ3) is 8.30. The smallest absolute Gasteiger partial charge is 0.163 e. The fourth-order valence-electron chi connectivity index (χ4n) is 7.27. The van der Waals surface area contributed by atoms with E-state index in [1.54, 1.807) is 33.5 Å². The molecule has 1 aromatic heterocycles. The van der Waals surface area contributed by atoms with Crippen molar-refractivity contribution in [1.82, 2.24) is 14.8 Å². The van der Waals surface area contributed by atoms with Crippen LogP contribution in [0.15, 0.2) is 96.8 Å². The van der Waals surface area contributed by atoms with E-state index in [0.717, 1.165) is 104 Å². The van der Waals surface area contributed by atoms with Gasteiger partial charge in [-0.3, -0.25) is 9.88 Å². The minimum Gasteiger partial charge on any atom is -0.497 e. The van der Waals surface area contributed by atoms with Crippen LogP contribution in [0.1, 0.15) is 42.9 Å². The molecule has 7 nitrogen and oxygen atoms in total. The quantitative estimate of drug-likeness (QED) is 0.141. The van der Waals surface area contributed by atoms with Crippen molar-refractivity contribution in [3.63, 3.8) is 0 Å². The van der Waals surface area contributed by atoms with E-state index in [1.807, 2.05) is 36.5 Å². The van der Waals surface area contributed by atoms with Crippen LogP contribution in [0.5, 0.6) is 17.2 Å². The van der Waals surface area contributed by atoms with Crippen molar-refractivity contribution in [3.8, 4) is 28.5 Å². The van der Waals surface area contributed by atoms with E-state index < -0.39 is 0 Å². The lowest BCUT2D eigenvalue weighted by atomic mass is 9.95. The van der Waals surface area contributed by atoms with Crippen molar-refractivity contribution in [2.24, 2.45) is 0 Å². The maximum Gasteiger partial charge on any atom is 0.163 e. The van der Waals surface area contributed by atoms with Crippen LogP contribution in [0.2, 0.25) is 0 Å². The Balaban J connectivity index is 1.19. The number of benzene rings is 3. The predicted molar refractivity (Wildman–Crippen MR) is 201 cm³/mol. The van der Waals surface area contributed by atoms with E-state index in [2.05, 4.69) is 76.3 Å². The van der Waals surface area contributed by atoms with Gasteiger partial charge in [0.25, 0.3) is 0 Å². The van der Waals surface area contributed by atoms with E-state index in [1.165, 1.54) is 16.7 Å². The van der Waals surface area contributed by atoms with Crippen molar-refractivity contribution in [1.29, 1.82) is 0 Å². The number of hydrogen-bond donors (Lipinski definition) is 0. The first kappa shape index (κ1) is 35.0. The number of methoxy groups -OCH3 is 3. The second-order valence-corrected chi connectivity index (χ2v) is 13.3. The zero-order valence-corrected chi connectivity index (χ0v) is 30.0. The van der Waals surface area contributed by atoms with Gasteiger partial charge in [-0.1, -0.05) is 31.6 Å². The summed E-state index contributed by atoms with van der Waals surface area (Å²) in [6.07, 6.45) is 10.4. The van der Waals surface area contributed by atoms with Gasteiger partial charge >= 0.3 is 0 Å². The van der Waals surface area contributed by atoms with Gasteiger partial charge in [0.2, 0.25) is 0 Å². The van der Waals surface area contributed by atoms with E-state index in [-0.39, 0.29) is 5.82 Å². The number of nitrogens with zero attached hydrogens (tertiary/aromatic N) is 4. The molecule has 0 atom stereocenters. The average molecular weight is 677 g/mol. The first-order valence-electron chi connectivity index (χ1n) is 17.6. The molecule has 2 aliphatic rings. The van der Waals surface area contributed by atoms with E-state index in [9.17, 15) is 4.39 Å². The molecule has 3 heterocycles. The molecular weight excluding hydrogens is 627 g/mol. The zero-order valence-electron chi connectivity index (χ0n) is 30.0. The maximum atomic E-state index is 14.1. The lowest BCUT2D eigenvalue weighted by Crippen LogP contribution is -2.45. The number of pyridine rings is 1. The lowest BCUT2D eigenvalue weighted by Gasteiger charge is -2.40. The maximum absolute atomic E-state index is 14.1. The monoisotopic (exact) mass is 676 g/mol. The summed E-state index contributed by atoms with van der Waals surface area (Å²) in [6.45, 7) is 6.54. The molecule has 0 saturated carbocycles. The summed E-state index contributed by atoms with van der Waals surface area (Å²) < 4.78 is 31.0. The van der Waals surface area contributed by atoms with Crippen LogP contribution < -0.4 is 19.1 Å². The molecule has 8 heteroatoms. The average Bonchev–Trinajstić information content (AvgIpc) is 3.14. The number of aromatic nitrogens is 1. The number of aryl methyl sites for hydroxylation is 1. The Bertz CT molecular complexity index is 1810. The number of hydrogen-bond acceptors (Lipinski definition) is 7. The molecule has 1 saturated heterocycles. The highest BCUT2D eigenvalue weighted by Gasteiger charge is 2.27. The molecule has 0 aliphatic carbocycles. The van der Waals surface area contributed by atoms with Gasteiger partial charge in [0.15, 0.2) is 11.5 Å². The molecule has 3 aromatic carbocycles. The first-order chi connectivity index (χ1) is 24.4. The molecule has 6 rings (SSSR count). The van der Waals surface area contributed by atoms with Gasteiger partial charge in [-0.15, -0.1) is 0 Å². The number of likely N-dealkylation sites (tertiary alicyclic amines) is 1. The van der Waals surface area contributed by atoms with Crippen LogP contribution in [0.4, 0.5) is 10.1 Å². The topological polar surface area (TPSA) is 50.3 Å². The van der Waals surface area contributed by atoms with Crippen LogP contribution in [0, 0.1) is 5.82 Å². The first-order valence-corrected chi connectivity index (χ1v) is 17.6. The van der Waals surface area contributed by atoms with Gasteiger partial charge < -0.3 is 24.0 Å². The Morgan fingerprint density at radius 1 is 0.900 bits per heavy atom. The van der Waals surface area contributed by atoms with E-state index >= 15 is 0 Å². The number of anilines is 1. The second-order valence-electron chi connectivity index (χ2n) is 13.3. The predicted octanol–water partition coefficient (Wildman–Crippen LogP) is 8.25. The Hall–Kier alpha value is -4.82. The highest BCUT2D eigenvalue weighted by Crippen LogP contribution is 2.37. The van der Waals surface area contributed by atoms with Gasteiger partial charge in [0, 0.05) is 69.5 Å². The zero-order chi connectivity index (χ0) is 35.0. The van der Waals surface area contributed by atoms with Gasteiger partial charge in [-0.2, -0.15) is 0 Å². The number of piperidine rings is 1. The third-order valence-corrected chi connectivity index (χ3v) is 9.72. The molecule has 4 aromatic rings. The van der Waals surface area contributed by atoms with Crippen LogP contribution in [0.25, 0.3) is 16.8 Å². The van der Waals surface area contributed by atoms with Crippen LogP contribution in [0.3, 0.4) is 0 Å². The highest BCUT2D eigenvalue weighted by atomic mass is 19.1. The molecule has 0 unspecified atom stereocenters. The third-order valence-electron chi connectivity index (χ3n) is 9.72. The summed E-state index contributed by atoms with van der Waals surface area (Å²) in [6, 6.07) is 24.0. The fourth-order valence-corrected chi connectivity index (χ4v) is 7.27. The minimum atomic E-state index is -0.218. The van der Waals surface area contributed by atoms with Crippen molar-refractivity contribution in [3.05, 3.63) is 119 Å². The van der Waals surface area contributed by atoms with Crippen LogP contribution >= 0.6 is 0 Å². The SMILES string of the molecule is CCCc1cc(C2=CC(CN(c3ccc(F)cc3)C3CCN(Cc4ccnc(-c5cccc(OC)c5)c4)CC3)=CN(C)C2)cc(OC)c1OC. The molecule has 50 heavy (non-hydrogen) atoms. The van der Waals surface area contributed by atoms with Gasteiger partial charge in [0.05, 0.1) is 27.0 Å². The molecule has 0 N–H and O–H groups in total. The molecule has 0 radical (unpaired) electrons. The van der Waals surface area contributed by atoms with Crippen molar-refractivity contribution in [2.75, 3.05) is 59.5 Å². The molecule has 0 spiro atoms. The van der Waals surface area contributed by atoms with Crippen molar-refractivity contribution < 1.29 is 18.6 Å². The summed E-state index contributed by atoms with van der Waals surface area (Å²) in [5.41, 5.74) is 9.05. The summed E-state index contributed by atoms with van der Waals surface area (Å²) in [4.78, 5) is 11.9. The Morgan fingerprint density at radius 2 is 1.70 bits per heavy atom. The van der Waals surface area contributed by atoms with E-state index in [4.69, 9.17) is 14.2 Å². The second kappa shape index (κ2) is 16.3. The number of halogens is 1. The lowest BCUT2D eigenvalue weighted by molar-refractivity contribution is 0.202. The van der Waals surface area contributed by atoms with Crippen molar-refractivity contribution in [2.45, 2.75) is 45.2 Å². The van der Waals surface area contributed by atoms with Gasteiger partial charge in [-0.05, 0) is 108 Å². The largest absolute Gasteiger partial charge is 0.497 e. The van der Waals surface area contributed by atoms with Gasteiger partial charge in [-0.25, -0.2) is 4.39 Å². The summed E-state index contributed by atoms with van der Waals surface area (Å²) in [5, 5.41) is 0. The molecule has 2 aliphatic heterocycles. The number of rotatable bonds is 13. The normalized spacial score (nSPS) is 15.4. The molecule has 0 bridgehead atoms. The molecule has 1 fully saturated rings.